The van der Waals surface area contributed by atoms with Crippen molar-refractivity contribution in [2.45, 2.75) is 31.7 Å². The van der Waals surface area contributed by atoms with Crippen molar-refractivity contribution < 1.29 is 19.1 Å². The molecule has 0 unspecified atom stereocenters. The number of nitrogens with one attached hydrogen (secondary N) is 1. The zero-order valence-electron chi connectivity index (χ0n) is 12.1. The number of rotatable bonds is 6. The maximum atomic E-state index is 11.7. The Kier molecular flexibility index (Phi) is 5.49. The minimum absolute atomic E-state index is 0.138. The van der Waals surface area contributed by atoms with Crippen molar-refractivity contribution in [3.8, 4) is 0 Å². The third kappa shape index (κ3) is 4.04. The fraction of sp³-hybridized carbons (Fsp3) is 0.312. The average Bonchev–Trinajstić information content (AvgIpc) is 2.82. The maximum absolute atomic E-state index is 11.7. The lowest BCUT2D eigenvalue weighted by Gasteiger charge is -2.09. The summed E-state index contributed by atoms with van der Waals surface area (Å²) in [5.41, 5.74) is 3.45. The molecule has 22 heavy (non-hydrogen) atoms. The predicted molar refractivity (Wildman–Crippen MR) is 84.1 cm³/mol. The topological polar surface area (TPSA) is 72.5 Å². The molecule has 1 N–H and O–H groups in total. The van der Waals surface area contributed by atoms with Gasteiger partial charge in [0.1, 0.15) is 6.61 Å². The van der Waals surface area contributed by atoms with Crippen LogP contribution < -0.4 is 5.32 Å². The molecule has 5 nitrogen and oxygen atoms in total. The summed E-state index contributed by atoms with van der Waals surface area (Å²) >= 11 is 3.44. The summed E-state index contributed by atoms with van der Waals surface area (Å²) in [5.74, 6) is -1.55. The van der Waals surface area contributed by atoms with Crippen molar-refractivity contribution in [1.82, 2.24) is 5.32 Å². The highest BCUT2D eigenvalue weighted by molar-refractivity contribution is 9.08. The number of benzene rings is 1. The van der Waals surface area contributed by atoms with Gasteiger partial charge in [-0.05, 0) is 23.1 Å². The minimum Gasteiger partial charge on any atom is -0.461 e. The van der Waals surface area contributed by atoms with Crippen LogP contribution in [-0.4, -0.2) is 17.8 Å². The molecule has 1 aromatic carbocycles. The number of hydrogen-bond acceptors (Lipinski definition) is 4. The second-order valence-electron chi connectivity index (χ2n) is 4.92. The summed E-state index contributed by atoms with van der Waals surface area (Å²) < 4.78 is 5.16. The van der Waals surface area contributed by atoms with E-state index in [4.69, 9.17) is 4.74 Å². The molecule has 0 aliphatic carbocycles. The van der Waals surface area contributed by atoms with Gasteiger partial charge in [0.15, 0.2) is 0 Å². The lowest BCUT2D eigenvalue weighted by Crippen LogP contribution is -2.23. The molecule has 1 heterocycles. The standard InChI is InChI=1S/C16H16BrNO4/c1-2-11-5-10(3-4-12(11)8-17)9-22-15(20)7-13-6-14(19)18-16(13)21/h3-6H,2,7-9H2,1H3,(H,18,19,21). The van der Waals surface area contributed by atoms with Crippen molar-refractivity contribution >= 4 is 33.7 Å². The van der Waals surface area contributed by atoms with E-state index in [0.29, 0.717) is 0 Å². The van der Waals surface area contributed by atoms with Crippen molar-refractivity contribution in [3.63, 3.8) is 0 Å². The van der Waals surface area contributed by atoms with Gasteiger partial charge in [-0.1, -0.05) is 41.1 Å². The van der Waals surface area contributed by atoms with Crippen LogP contribution >= 0.6 is 15.9 Å². The predicted octanol–water partition coefficient (Wildman–Crippen LogP) is 2.16. The summed E-state index contributed by atoms with van der Waals surface area (Å²) in [7, 11) is 0. The fourth-order valence-electron chi connectivity index (χ4n) is 2.18. The van der Waals surface area contributed by atoms with Crippen LogP contribution in [-0.2, 0) is 37.5 Å². The first kappa shape index (κ1) is 16.4. The number of aryl methyl sites for hydroxylation is 1. The van der Waals surface area contributed by atoms with Crippen LogP contribution in [0.25, 0.3) is 0 Å². The molecule has 1 aliphatic rings. The van der Waals surface area contributed by atoms with E-state index in [2.05, 4.69) is 28.2 Å². The molecule has 0 saturated carbocycles. The molecule has 0 radical (unpaired) electrons. The Morgan fingerprint density at radius 3 is 2.64 bits per heavy atom. The van der Waals surface area contributed by atoms with Crippen molar-refractivity contribution in [2.75, 3.05) is 0 Å². The minimum atomic E-state index is -0.531. The summed E-state index contributed by atoms with van der Waals surface area (Å²) in [6.07, 6.45) is 1.83. The monoisotopic (exact) mass is 365 g/mol. The molecule has 0 bridgehead atoms. The van der Waals surface area contributed by atoms with E-state index in [1.807, 2.05) is 18.2 Å². The van der Waals surface area contributed by atoms with Gasteiger partial charge >= 0.3 is 5.97 Å². The van der Waals surface area contributed by atoms with Gasteiger partial charge in [0.05, 0.1) is 6.42 Å². The number of esters is 1. The van der Waals surface area contributed by atoms with Gasteiger partial charge in [0.25, 0.3) is 11.8 Å². The van der Waals surface area contributed by atoms with Gasteiger partial charge in [0, 0.05) is 17.0 Å². The molecular formula is C16H16BrNO4. The molecule has 1 aliphatic heterocycles. The molecule has 0 aromatic heterocycles. The Morgan fingerprint density at radius 2 is 2.05 bits per heavy atom. The van der Waals surface area contributed by atoms with Gasteiger partial charge < -0.3 is 4.74 Å². The van der Waals surface area contributed by atoms with Crippen molar-refractivity contribution in [1.29, 1.82) is 0 Å². The summed E-state index contributed by atoms with van der Waals surface area (Å²) in [6.45, 7) is 2.22. The summed E-state index contributed by atoms with van der Waals surface area (Å²) in [5, 5.41) is 2.88. The lowest BCUT2D eigenvalue weighted by atomic mass is 10.0. The molecule has 2 amide bonds. The molecule has 116 valence electrons. The van der Waals surface area contributed by atoms with Crippen molar-refractivity contribution in [2.24, 2.45) is 0 Å². The van der Waals surface area contributed by atoms with Crippen LogP contribution in [0, 0.1) is 0 Å². The molecular weight excluding hydrogens is 350 g/mol. The first-order valence-electron chi connectivity index (χ1n) is 6.91. The second kappa shape index (κ2) is 7.35. The number of halogens is 1. The smallest absolute Gasteiger partial charge is 0.310 e. The van der Waals surface area contributed by atoms with Crippen LogP contribution in [0.5, 0.6) is 0 Å². The Hall–Kier alpha value is -1.95. The summed E-state index contributed by atoms with van der Waals surface area (Å²) in [4.78, 5) is 34.1. The van der Waals surface area contributed by atoms with Crippen LogP contribution in [0.1, 0.15) is 30.0 Å². The van der Waals surface area contributed by atoms with Crippen LogP contribution in [0.15, 0.2) is 29.8 Å². The van der Waals surface area contributed by atoms with E-state index in [1.54, 1.807) is 0 Å². The van der Waals surface area contributed by atoms with Crippen LogP contribution in [0.3, 0.4) is 0 Å². The summed E-state index contributed by atoms with van der Waals surface area (Å²) in [6, 6.07) is 5.92. The molecule has 0 fully saturated rings. The Bertz CT molecular complexity index is 652. The van der Waals surface area contributed by atoms with Gasteiger partial charge in [-0.25, -0.2) is 0 Å². The Balaban J connectivity index is 1.93. The first-order chi connectivity index (χ1) is 10.5. The van der Waals surface area contributed by atoms with Crippen molar-refractivity contribution in [3.05, 3.63) is 46.5 Å². The van der Waals surface area contributed by atoms with E-state index in [-0.39, 0.29) is 18.6 Å². The number of carbonyl (C=O) groups excluding carboxylic acids is 3. The number of hydrogen-bond donors (Lipinski definition) is 1. The van der Waals surface area contributed by atoms with Gasteiger partial charge in [-0.2, -0.15) is 0 Å². The third-order valence-electron chi connectivity index (χ3n) is 3.36. The largest absolute Gasteiger partial charge is 0.461 e. The normalized spacial score (nSPS) is 13.8. The zero-order valence-corrected chi connectivity index (χ0v) is 13.7. The SMILES string of the molecule is CCc1cc(COC(=O)CC2=CC(=O)NC2=O)ccc1CBr. The Labute approximate surface area is 136 Å². The first-order valence-corrected chi connectivity index (χ1v) is 8.03. The van der Waals surface area contributed by atoms with Crippen LogP contribution in [0.2, 0.25) is 0 Å². The van der Waals surface area contributed by atoms with E-state index in [0.717, 1.165) is 23.4 Å². The zero-order chi connectivity index (χ0) is 16.1. The average molecular weight is 366 g/mol. The highest BCUT2D eigenvalue weighted by Crippen LogP contribution is 2.17. The molecule has 2 rings (SSSR count). The third-order valence-corrected chi connectivity index (χ3v) is 3.97. The van der Waals surface area contributed by atoms with Gasteiger partial charge in [-0.15, -0.1) is 0 Å². The maximum Gasteiger partial charge on any atom is 0.310 e. The second-order valence-corrected chi connectivity index (χ2v) is 5.48. The quantitative estimate of drug-likeness (QED) is 0.476. The number of alkyl halides is 1. The van der Waals surface area contributed by atoms with E-state index < -0.39 is 17.8 Å². The molecule has 0 saturated heterocycles. The number of ether oxygens (including phenoxy) is 1. The van der Waals surface area contributed by atoms with Crippen LogP contribution in [0.4, 0.5) is 0 Å². The Morgan fingerprint density at radius 1 is 1.27 bits per heavy atom. The highest BCUT2D eigenvalue weighted by Gasteiger charge is 2.23. The number of amides is 2. The molecule has 6 heteroatoms. The van der Waals surface area contributed by atoms with Gasteiger partial charge in [-0.3, -0.25) is 19.7 Å². The number of carbonyl (C=O) groups is 3. The van der Waals surface area contributed by atoms with E-state index in [1.165, 1.54) is 11.1 Å². The fourth-order valence-corrected chi connectivity index (χ4v) is 2.73. The van der Waals surface area contributed by atoms with Gasteiger partial charge in [0.2, 0.25) is 0 Å². The molecule has 0 atom stereocenters. The highest BCUT2D eigenvalue weighted by atomic mass is 79.9. The number of imide groups is 1. The molecule has 1 aromatic rings. The van der Waals surface area contributed by atoms with E-state index >= 15 is 0 Å². The lowest BCUT2D eigenvalue weighted by molar-refractivity contribution is -0.144. The van der Waals surface area contributed by atoms with E-state index in [9.17, 15) is 14.4 Å². The molecule has 0 spiro atoms.